The van der Waals surface area contributed by atoms with Crippen molar-refractivity contribution in [2.75, 3.05) is 0 Å². The lowest BCUT2D eigenvalue weighted by atomic mass is 10.5. The Balaban J connectivity index is 0.000000461. The summed E-state index contributed by atoms with van der Waals surface area (Å²) in [5.74, 6) is -1.00. The van der Waals surface area contributed by atoms with Gasteiger partial charge in [-0.2, -0.15) is 0 Å². The van der Waals surface area contributed by atoms with Gasteiger partial charge in [0, 0.05) is 12.4 Å². The Labute approximate surface area is 81.8 Å². The van der Waals surface area contributed by atoms with E-state index in [4.69, 9.17) is 5.11 Å². The molecule has 0 spiro atoms. The molecule has 0 fully saturated rings. The number of carbonyl (C=O) groups is 1. The van der Waals surface area contributed by atoms with Gasteiger partial charge in [-0.25, -0.2) is 9.78 Å². The summed E-state index contributed by atoms with van der Waals surface area (Å²) in [5, 5.41) is 8.61. The monoisotopic (exact) mass is 192 g/mol. The molecule has 14 heavy (non-hydrogen) atoms. The third-order valence-electron chi connectivity index (χ3n) is 1.58. The number of nitrogens with zero attached hydrogens (tertiary/aromatic N) is 2. The van der Waals surface area contributed by atoms with Crippen LogP contribution in [0.15, 0.2) is 30.6 Å². The normalized spacial score (nSPS) is 9.29. The first-order chi connectivity index (χ1) is 6.77. The van der Waals surface area contributed by atoms with E-state index in [-0.39, 0.29) is 5.69 Å². The summed E-state index contributed by atoms with van der Waals surface area (Å²) >= 11 is 0. The van der Waals surface area contributed by atoms with Crippen LogP contribution in [0.5, 0.6) is 0 Å². The first kappa shape index (κ1) is 10.2. The van der Waals surface area contributed by atoms with Crippen LogP contribution in [0.25, 0.3) is 5.65 Å². The van der Waals surface area contributed by atoms with Gasteiger partial charge in [-0.1, -0.05) is 19.9 Å². The van der Waals surface area contributed by atoms with Gasteiger partial charge in [0.05, 0.1) is 0 Å². The molecule has 4 nitrogen and oxygen atoms in total. The van der Waals surface area contributed by atoms with Gasteiger partial charge in [-0.3, -0.25) is 0 Å². The number of carboxylic acids is 1. The Hall–Kier alpha value is -1.84. The molecule has 0 atom stereocenters. The van der Waals surface area contributed by atoms with E-state index in [2.05, 4.69) is 4.98 Å². The molecule has 0 aromatic carbocycles. The zero-order chi connectivity index (χ0) is 10.6. The lowest BCUT2D eigenvalue weighted by Gasteiger charge is -1.86. The van der Waals surface area contributed by atoms with Crippen LogP contribution in [-0.2, 0) is 0 Å². The van der Waals surface area contributed by atoms with E-state index < -0.39 is 5.97 Å². The van der Waals surface area contributed by atoms with Gasteiger partial charge in [-0.15, -0.1) is 0 Å². The predicted octanol–water partition coefficient (Wildman–Crippen LogP) is 2.06. The molecule has 1 N–H and O–H groups in total. The quantitative estimate of drug-likeness (QED) is 0.752. The Morgan fingerprint density at radius 1 is 1.43 bits per heavy atom. The predicted molar refractivity (Wildman–Crippen MR) is 53.5 cm³/mol. The van der Waals surface area contributed by atoms with Gasteiger partial charge < -0.3 is 9.51 Å². The number of aromatic nitrogens is 2. The summed E-state index contributed by atoms with van der Waals surface area (Å²) in [6.45, 7) is 4.00. The molecule has 0 aliphatic rings. The van der Waals surface area contributed by atoms with Crippen LogP contribution in [0, 0.1) is 0 Å². The number of carboxylic acid groups (broad SMARTS) is 1. The maximum atomic E-state index is 10.5. The number of fused-ring (bicyclic) bond motifs is 1. The molecule has 2 rings (SSSR count). The number of pyridine rings is 1. The summed E-state index contributed by atoms with van der Waals surface area (Å²) in [6.07, 6.45) is 3.24. The molecule has 4 heteroatoms. The number of imidazole rings is 1. The summed E-state index contributed by atoms with van der Waals surface area (Å²) in [6, 6.07) is 5.39. The standard InChI is InChI=1S/C8H6N2O2.C2H6/c11-8(12)6-5-10-4-2-1-3-7(10)9-6;1-2/h1-5H,(H,11,12);1-2H3. The van der Waals surface area contributed by atoms with Crippen molar-refractivity contribution in [2.45, 2.75) is 13.8 Å². The van der Waals surface area contributed by atoms with Gasteiger partial charge >= 0.3 is 5.97 Å². The lowest BCUT2D eigenvalue weighted by molar-refractivity contribution is 0.0691. The molecular weight excluding hydrogens is 180 g/mol. The minimum atomic E-state index is -1.00. The Morgan fingerprint density at radius 3 is 2.71 bits per heavy atom. The summed E-state index contributed by atoms with van der Waals surface area (Å²) < 4.78 is 1.67. The van der Waals surface area contributed by atoms with E-state index in [1.54, 1.807) is 16.7 Å². The van der Waals surface area contributed by atoms with Crippen LogP contribution >= 0.6 is 0 Å². The molecule has 0 radical (unpaired) electrons. The lowest BCUT2D eigenvalue weighted by Crippen LogP contribution is -1.94. The minimum Gasteiger partial charge on any atom is -0.476 e. The van der Waals surface area contributed by atoms with Crippen LogP contribution in [-0.4, -0.2) is 20.5 Å². The number of hydrogen-bond donors (Lipinski definition) is 1. The number of aromatic carboxylic acids is 1. The molecular formula is C10H12N2O2. The number of hydrogen-bond acceptors (Lipinski definition) is 2. The molecule has 0 saturated carbocycles. The summed E-state index contributed by atoms with van der Waals surface area (Å²) in [5.41, 5.74) is 0.719. The SMILES string of the molecule is CC.O=C(O)c1cn2ccccc2n1. The minimum absolute atomic E-state index is 0.0706. The van der Waals surface area contributed by atoms with Crippen molar-refractivity contribution in [3.05, 3.63) is 36.3 Å². The van der Waals surface area contributed by atoms with Crippen LogP contribution < -0.4 is 0 Å². The molecule has 0 aliphatic carbocycles. The average molecular weight is 192 g/mol. The second kappa shape index (κ2) is 4.41. The van der Waals surface area contributed by atoms with Crippen molar-refractivity contribution in [3.63, 3.8) is 0 Å². The molecule has 0 aliphatic heterocycles. The average Bonchev–Trinajstić information content (AvgIpc) is 2.64. The van der Waals surface area contributed by atoms with Gasteiger partial charge in [0.1, 0.15) is 5.65 Å². The fourth-order valence-corrected chi connectivity index (χ4v) is 1.04. The molecule has 0 amide bonds. The second-order valence-corrected chi connectivity index (χ2v) is 2.40. The molecule has 0 saturated heterocycles. The van der Waals surface area contributed by atoms with Crippen molar-refractivity contribution >= 4 is 11.6 Å². The van der Waals surface area contributed by atoms with Gasteiger partial charge in [0.15, 0.2) is 5.69 Å². The highest BCUT2D eigenvalue weighted by molar-refractivity contribution is 5.86. The third-order valence-corrected chi connectivity index (χ3v) is 1.58. The van der Waals surface area contributed by atoms with Crippen LogP contribution in [0.1, 0.15) is 24.3 Å². The zero-order valence-corrected chi connectivity index (χ0v) is 8.14. The highest BCUT2D eigenvalue weighted by Gasteiger charge is 2.06. The largest absolute Gasteiger partial charge is 0.476 e. The topological polar surface area (TPSA) is 54.6 Å². The van der Waals surface area contributed by atoms with E-state index in [0.717, 1.165) is 0 Å². The molecule has 2 aromatic rings. The third kappa shape index (κ3) is 1.90. The Bertz CT molecular complexity index is 401. The van der Waals surface area contributed by atoms with Crippen LogP contribution in [0.4, 0.5) is 0 Å². The fraction of sp³-hybridized carbons (Fsp3) is 0.200. The van der Waals surface area contributed by atoms with Crippen LogP contribution in [0.2, 0.25) is 0 Å². The molecule has 74 valence electrons. The van der Waals surface area contributed by atoms with E-state index in [1.807, 2.05) is 26.0 Å². The van der Waals surface area contributed by atoms with Crippen molar-refractivity contribution in [1.29, 1.82) is 0 Å². The van der Waals surface area contributed by atoms with E-state index >= 15 is 0 Å². The van der Waals surface area contributed by atoms with Crippen molar-refractivity contribution in [3.8, 4) is 0 Å². The maximum absolute atomic E-state index is 10.5. The highest BCUT2D eigenvalue weighted by Crippen LogP contribution is 2.03. The van der Waals surface area contributed by atoms with E-state index in [1.165, 1.54) is 6.20 Å². The molecule has 0 bridgehead atoms. The van der Waals surface area contributed by atoms with Crippen molar-refractivity contribution < 1.29 is 9.90 Å². The summed E-state index contributed by atoms with van der Waals surface area (Å²) in [4.78, 5) is 14.4. The second-order valence-electron chi connectivity index (χ2n) is 2.40. The smallest absolute Gasteiger partial charge is 0.356 e. The first-order valence-electron chi connectivity index (χ1n) is 4.44. The Kier molecular flexibility index (Phi) is 3.23. The van der Waals surface area contributed by atoms with Crippen LogP contribution in [0.3, 0.4) is 0 Å². The van der Waals surface area contributed by atoms with Gasteiger partial charge in [0.25, 0.3) is 0 Å². The summed E-state index contributed by atoms with van der Waals surface area (Å²) in [7, 11) is 0. The maximum Gasteiger partial charge on any atom is 0.356 e. The number of rotatable bonds is 1. The van der Waals surface area contributed by atoms with Crippen molar-refractivity contribution in [1.82, 2.24) is 9.38 Å². The van der Waals surface area contributed by atoms with E-state index in [9.17, 15) is 4.79 Å². The fourth-order valence-electron chi connectivity index (χ4n) is 1.04. The van der Waals surface area contributed by atoms with Crippen molar-refractivity contribution in [2.24, 2.45) is 0 Å². The molecule has 2 heterocycles. The Morgan fingerprint density at radius 2 is 2.14 bits per heavy atom. The first-order valence-corrected chi connectivity index (χ1v) is 4.44. The van der Waals surface area contributed by atoms with E-state index in [0.29, 0.717) is 5.65 Å². The molecule has 0 unspecified atom stereocenters. The zero-order valence-electron chi connectivity index (χ0n) is 8.14. The van der Waals surface area contributed by atoms with Gasteiger partial charge in [0.2, 0.25) is 0 Å². The highest BCUT2D eigenvalue weighted by atomic mass is 16.4. The molecule has 2 aromatic heterocycles. The van der Waals surface area contributed by atoms with Gasteiger partial charge in [-0.05, 0) is 12.1 Å².